The zero-order valence-corrected chi connectivity index (χ0v) is 15.0. The quantitative estimate of drug-likeness (QED) is 0.682. The highest BCUT2D eigenvalue weighted by Gasteiger charge is 2.11. The van der Waals surface area contributed by atoms with Crippen LogP contribution in [0.15, 0.2) is 53.9 Å². The smallest absolute Gasteiger partial charge is 0.253 e. The fraction of sp³-hybridized carbons (Fsp3) is 0.111. The number of hydrogen-bond donors (Lipinski definition) is 1. The Labute approximate surface area is 154 Å². The maximum absolute atomic E-state index is 12.2. The van der Waals surface area contributed by atoms with Gasteiger partial charge in [-0.25, -0.2) is 4.98 Å². The molecule has 1 N–H and O–H groups in total. The Balaban J connectivity index is 1.61. The van der Waals surface area contributed by atoms with E-state index in [1.54, 1.807) is 29.5 Å². The maximum Gasteiger partial charge on any atom is 0.253 e. The van der Waals surface area contributed by atoms with E-state index in [4.69, 9.17) is 23.2 Å². The summed E-state index contributed by atoms with van der Waals surface area (Å²) < 4.78 is 0. The average Bonchev–Trinajstić information content (AvgIpc) is 3.03. The third kappa shape index (κ3) is 4.35. The van der Waals surface area contributed by atoms with Gasteiger partial charge in [0, 0.05) is 16.8 Å². The number of benzene rings is 2. The second kappa shape index (κ2) is 7.79. The Morgan fingerprint density at radius 2 is 1.92 bits per heavy atom. The van der Waals surface area contributed by atoms with Crippen molar-refractivity contribution in [2.45, 2.75) is 13.0 Å². The van der Waals surface area contributed by atoms with Crippen LogP contribution in [0.4, 0.5) is 0 Å². The second-order valence-corrected chi connectivity index (χ2v) is 6.99. The van der Waals surface area contributed by atoms with Crippen LogP contribution in [0.5, 0.6) is 0 Å². The number of carbonyl (C=O) groups excluding carboxylic acids is 1. The molecule has 3 nitrogen and oxygen atoms in total. The van der Waals surface area contributed by atoms with Crippen LogP contribution in [0.1, 0.15) is 26.6 Å². The number of rotatable bonds is 5. The van der Waals surface area contributed by atoms with E-state index in [0.717, 1.165) is 17.1 Å². The molecule has 0 bridgehead atoms. The number of thiazole rings is 1. The van der Waals surface area contributed by atoms with Gasteiger partial charge in [0.1, 0.15) is 0 Å². The molecule has 0 spiro atoms. The van der Waals surface area contributed by atoms with Gasteiger partial charge >= 0.3 is 0 Å². The van der Waals surface area contributed by atoms with Crippen molar-refractivity contribution in [1.29, 1.82) is 0 Å². The number of halogens is 2. The van der Waals surface area contributed by atoms with Crippen molar-refractivity contribution in [2.24, 2.45) is 0 Å². The van der Waals surface area contributed by atoms with Gasteiger partial charge in [-0.3, -0.25) is 4.79 Å². The first-order valence-electron chi connectivity index (χ1n) is 7.32. The highest BCUT2D eigenvalue weighted by molar-refractivity contribution is 7.09. The molecule has 24 heavy (non-hydrogen) atoms. The molecule has 0 aliphatic heterocycles. The molecule has 1 heterocycles. The largest absolute Gasteiger partial charge is 0.346 e. The Bertz CT molecular complexity index is 849. The molecule has 1 aromatic heterocycles. The summed E-state index contributed by atoms with van der Waals surface area (Å²) in [5.41, 5.74) is 2.41. The molecular formula is C18H14Cl2N2OS. The summed E-state index contributed by atoms with van der Waals surface area (Å²) >= 11 is 13.5. The third-order valence-electron chi connectivity index (χ3n) is 3.40. The summed E-state index contributed by atoms with van der Waals surface area (Å²) in [6.45, 7) is 0.354. The monoisotopic (exact) mass is 376 g/mol. The summed E-state index contributed by atoms with van der Waals surface area (Å²) in [5.74, 6) is -0.264. The molecule has 122 valence electrons. The molecule has 2 aromatic carbocycles. The van der Waals surface area contributed by atoms with Crippen LogP contribution in [0.2, 0.25) is 10.0 Å². The molecule has 6 heteroatoms. The Morgan fingerprint density at radius 3 is 2.71 bits per heavy atom. The Hall–Kier alpha value is -1.88. The molecule has 0 aliphatic rings. The number of carbonyl (C=O) groups is 1. The number of aromatic nitrogens is 1. The van der Waals surface area contributed by atoms with E-state index in [-0.39, 0.29) is 5.91 Å². The highest BCUT2D eigenvalue weighted by atomic mass is 35.5. The zero-order valence-electron chi connectivity index (χ0n) is 12.6. The minimum absolute atomic E-state index is 0.264. The van der Waals surface area contributed by atoms with Crippen LogP contribution < -0.4 is 5.32 Å². The van der Waals surface area contributed by atoms with E-state index in [0.29, 0.717) is 22.2 Å². The van der Waals surface area contributed by atoms with Crippen molar-refractivity contribution in [3.63, 3.8) is 0 Å². The molecule has 1 amide bonds. The van der Waals surface area contributed by atoms with Crippen molar-refractivity contribution in [3.05, 3.63) is 85.8 Å². The number of amides is 1. The molecule has 0 radical (unpaired) electrons. The molecule has 0 aliphatic carbocycles. The lowest BCUT2D eigenvalue weighted by atomic mass is 10.2. The highest BCUT2D eigenvalue weighted by Crippen LogP contribution is 2.21. The van der Waals surface area contributed by atoms with E-state index in [9.17, 15) is 4.79 Å². The predicted molar refractivity (Wildman–Crippen MR) is 99.0 cm³/mol. The van der Waals surface area contributed by atoms with Crippen LogP contribution in [0.3, 0.4) is 0 Å². The lowest BCUT2D eigenvalue weighted by molar-refractivity contribution is 0.0950. The summed E-state index contributed by atoms with van der Waals surface area (Å²) in [7, 11) is 0. The van der Waals surface area contributed by atoms with E-state index in [1.165, 1.54) is 5.56 Å². The van der Waals surface area contributed by atoms with Gasteiger partial charge in [-0.15, -0.1) is 11.3 Å². The summed E-state index contributed by atoms with van der Waals surface area (Å²) in [6, 6.07) is 15.0. The molecule has 0 saturated carbocycles. The van der Waals surface area contributed by atoms with Gasteiger partial charge in [0.05, 0.1) is 27.8 Å². The van der Waals surface area contributed by atoms with Gasteiger partial charge in [-0.2, -0.15) is 0 Å². The lowest BCUT2D eigenvalue weighted by Gasteiger charge is -2.05. The fourth-order valence-corrected chi connectivity index (χ4v) is 3.42. The van der Waals surface area contributed by atoms with Gasteiger partial charge in [0.25, 0.3) is 5.91 Å². The van der Waals surface area contributed by atoms with Gasteiger partial charge < -0.3 is 5.32 Å². The minimum Gasteiger partial charge on any atom is -0.346 e. The predicted octanol–water partition coefficient (Wildman–Crippen LogP) is 4.97. The molecule has 3 aromatic rings. The maximum atomic E-state index is 12.2. The lowest BCUT2D eigenvalue weighted by Crippen LogP contribution is -2.23. The first-order chi connectivity index (χ1) is 11.6. The average molecular weight is 377 g/mol. The first kappa shape index (κ1) is 17.0. The fourth-order valence-electron chi connectivity index (χ4n) is 2.22. The number of nitrogens with zero attached hydrogens (tertiary/aromatic N) is 1. The summed E-state index contributed by atoms with van der Waals surface area (Å²) in [4.78, 5) is 16.8. The van der Waals surface area contributed by atoms with Crippen LogP contribution in [-0.2, 0) is 13.0 Å². The van der Waals surface area contributed by atoms with E-state index in [1.807, 2.05) is 23.6 Å². The SMILES string of the molecule is O=C(NCc1csc(Cc2ccccc2)n1)c1cc(Cl)ccc1Cl. The van der Waals surface area contributed by atoms with Crippen LogP contribution in [0, 0.1) is 0 Å². The summed E-state index contributed by atoms with van der Waals surface area (Å²) in [5, 5.41) is 6.65. The normalized spacial score (nSPS) is 10.6. The van der Waals surface area contributed by atoms with Gasteiger partial charge in [-0.1, -0.05) is 53.5 Å². The standard InChI is InChI=1S/C18H14Cl2N2OS/c19-13-6-7-16(20)15(9-13)18(23)21-10-14-11-24-17(22-14)8-12-4-2-1-3-5-12/h1-7,9,11H,8,10H2,(H,21,23). The van der Waals surface area contributed by atoms with Gasteiger partial charge in [-0.05, 0) is 23.8 Å². The molecular weight excluding hydrogens is 363 g/mol. The van der Waals surface area contributed by atoms with Crippen molar-refractivity contribution in [3.8, 4) is 0 Å². The van der Waals surface area contributed by atoms with E-state index >= 15 is 0 Å². The number of nitrogens with one attached hydrogen (secondary N) is 1. The van der Waals surface area contributed by atoms with Crippen LogP contribution in [-0.4, -0.2) is 10.9 Å². The summed E-state index contributed by atoms with van der Waals surface area (Å²) in [6.07, 6.45) is 0.791. The zero-order chi connectivity index (χ0) is 16.9. The molecule has 0 unspecified atom stereocenters. The van der Waals surface area contributed by atoms with Crippen molar-refractivity contribution >= 4 is 40.4 Å². The topological polar surface area (TPSA) is 42.0 Å². The first-order valence-corrected chi connectivity index (χ1v) is 8.96. The van der Waals surface area contributed by atoms with Crippen LogP contribution in [0.25, 0.3) is 0 Å². The van der Waals surface area contributed by atoms with Crippen molar-refractivity contribution in [1.82, 2.24) is 10.3 Å². The minimum atomic E-state index is -0.264. The van der Waals surface area contributed by atoms with Gasteiger partial charge in [0.15, 0.2) is 0 Å². The Morgan fingerprint density at radius 1 is 1.12 bits per heavy atom. The van der Waals surface area contributed by atoms with E-state index < -0.39 is 0 Å². The number of hydrogen-bond acceptors (Lipinski definition) is 3. The third-order valence-corrected chi connectivity index (χ3v) is 4.86. The van der Waals surface area contributed by atoms with E-state index in [2.05, 4.69) is 22.4 Å². The van der Waals surface area contributed by atoms with Crippen molar-refractivity contribution in [2.75, 3.05) is 0 Å². The molecule has 0 atom stereocenters. The second-order valence-electron chi connectivity index (χ2n) is 5.20. The molecule has 3 rings (SSSR count). The van der Waals surface area contributed by atoms with Gasteiger partial charge in [0.2, 0.25) is 0 Å². The Kier molecular flexibility index (Phi) is 5.51. The molecule has 0 saturated heterocycles. The van der Waals surface area contributed by atoms with Crippen LogP contribution >= 0.6 is 34.5 Å². The van der Waals surface area contributed by atoms with Crippen molar-refractivity contribution < 1.29 is 4.79 Å². The molecule has 0 fully saturated rings.